The maximum atomic E-state index is 13.3. The molecule has 0 spiro atoms. The molecule has 2 heterocycles. The minimum atomic E-state index is -2.47. The van der Waals surface area contributed by atoms with Crippen LogP contribution in [0.4, 0.5) is 14.5 Å². The van der Waals surface area contributed by atoms with Crippen LogP contribution in [0, 0.1) is 0 Å². The third kappa shape index (κ3) is 3.78. The maximum absolute atomic E-state index is 13.3. The Morgan fingerprint density at radius 1 is 1.00 bits per heavy atom. The van der Waals surface area contributed by atoms with Crippen molar-refractivity contribution in [2.45, 2.75) is 44.1 Å². The largest absolute Gasteiger partial charge is 0.378 e. The first-order chi connectivity index (χ1) is 12.1. The van der Waals surface area contributed by atoms with Crippen molar-refractivity contribution in [2.75, 3.05) is 37.7 Å². The highest BCUT2D eigenvalue weighted by molar-refractivity contribution is 6.01. The van der Waals surface area contributed by atoms with Crippen LogP contribution in [0.5, 0.6) is 0 Å². The molecule has 1 saturated carbocycles. The van der Waals surface area contributed by atoms with E-state index in [0.717, 1.165) is 50.5 Å². The second kappa shape index (κ2) is 6.90. The Hall–Kier alpha value is -1.69. The van der Waals surface area contributed by atoms with E-state index in [2.05, 4.69) is 29.2 Å². The Morgan fingerprint density at radius 3 is 2.36 bits per heavy atom. The average Bonchev–Trinajstić information content (AvgIpc) is 3.13. The highest BCUT2D eigenvalue weighted by Gasteiger charge is 2.37. The first-order valence-corrected chi connectivity index (χ1v) is 9.26. The molecule has 0 bridgehead atoms. The van der Waals surface area contributed by atoms with Crippen LogP contribution in [0.15, 0.2) is 29.4 Å². The number of rotatable bonds is 3. The molecule has 0 aromatic heterocycles. The first-order valence-electron chi connectivity index (χ1n) is 9.26. The number of hydrogen-bond donors (Lipinski definition) is 0. The number of ether oxygens (including phenoxy) is 1. The van der Waals surface area contributed by atoms with Gasteiger partial charge < -0.3 is 9.64 Å². The van der Waals surface area contributed by atoms with E-state index in [9.17, 15) is 8.78 Å². The summed E-state index contributed by atoms with van der Waals surface area (Å²) in [5.41, 5.74) is 3.43. The second-order valence-corrected chi connectivity index (χ2v) is 7.19. The number of nitrogens with zero attached hydrogens (tertiary/aromatic N) is 3. The van der Waals surface area contributed by atoms with Gasteiger partial charge >= 0.3 is 0 Å². The van der Waals surface area contributed by atoms with Crippen LogP contribution in [-0.4, -0.2) is 55.5 Å². The van der Waals surface area contributed by atoms with E-state index in [1.807, 2.05) is 5.01 Å². The maximum Gasteiger partial charge on any atom is 0.248 e. The van der Waals surface area contributed by atoms with Gasteiger partial charge in [0.15, 0.2) is 0 Å². The van der Waals surface area contributed by atoms with Gasteiger partial charge in [0.25, 0.3) is 0 Å². The zero-order valence-corrected chi connectivity index (χ0v) is 14.5. The van der Waals surface area contributed by atoms with E-state index in [0.29, 0.717) is 12.8 Å². The van der Waals surface area contributed by atoms with E-state index in [-0.39, 0.29) is 18.9 Å². The number of hydrazone groups is 1. The van der Waals surface area contributed by atoms with E-state index in [4.69, 9.17) is 9.84 Å². The lowest BCUT2D eigenvalue weighted by Gasteiger charge is -2.33. The third-order valence-electron chi connectivity index (χ3n) is 5.51. The molecule has 1 aromatic carbocycles. The lowest BCUT2D eigenvalue weighted by molar-refractivity contribution is -0.0525. The van der Waals surface area contributed by atoms with Gasteiger partial charge in [0.2, 0.25) is 5.92 Å². The molecule has 6 heteroatoms. The van der Waals surface area contributed by atoms with Crippen LogP contribution in [0.3, 0.4) is 0 Å². The standard InChI is InChI=1S/C19H25F2N3O/c20-19(21)8-5-17(6-9-19)24-10-7-18(22-24)15-1-3-16(4-2-15)23-11-13-25-14-12-23/h1-4,17H,5-14H2. The zero-order valence-electron chi connectivity index (χ0n) is 14.5. The van der Waals surface area contributed by atoms with Crippen molar-refractivity contribution in [3.8, 4) is 0 Å². The number of halogens is 2. The molecule has 2 fully saturated rings. The quantitative estimate of drug-likeness (QED) is 0.836. The molecule has 2 aliphatic heterocycles. The molecule has 1 aliphatic carbocycles. The summed E-state index contributed by atoms with van der Waals surface area (Å²) < 4.78 is 32.1. The SMILES string of the molecule is FC1(F)CCC(N2CCC(c3ccc(N4CCOCC4)cc3)=N2)CC1. The van der Waals surface area contributed by atoms with Gasteiger partial charge in [-0.3, -0.25) is 5.01 Å². The summed E-state index contributed by atoms with van der Waals surface area (Å²) in [6, 6.07) is 8.72. The molecule has 0 N–H and O–H groups in total. The lowest BCUT2D eigenvalue weighted by atomic mass is 9.92. The number of hydrogen-bond acceptors (Lipinski definition) is 4. The van der Waals surface area contributed by atoms with Gasteiger partial charge in [-0.15, -0.1) is 0 Å². The topological polar surface area (TPSA) is 28.1 Å². The van der Waals surface area contributed by atoms with Crippen molar-refractivity contribution in [3.05, 3.63) is 29.8 Å². The van der Waals surface area contributed by atoms with Crippen LogP contribution in [-0.2, 0) is 4.74 Å². The van der Waals surface area contributed by atoms with E-state index < -0.39 is 5.92 Å². The highest BCUT2D eigenvalue weighted by Crippen LogP contribution is 2.36. The van der Waals surface area contributed by atoms with Crippen LogP contribution in [0.2, 0.25) is 0 Å². The fourth-order valence-electron chi connectivity index (χ4n) is 3.95. The molecule has 0 amide bonds. The molecule has 136 valence electrons. The van der Waals surface area contributed by atoms with Crippen molar-refractivity contribution in [2.24, 2.45) is 5.10 Å². The molecule has 4 rings (SSSR count). The predicted octanol–water partition coefficient (Wildman–Crippen LogP) is 3.51. The smallest absolute Gasteiger partial charge is 0.248 e. The van der Waals surface area contributed by atoms with Gasteiger partial charge in [-0.05, 0) is 30.5 Å². The average molecular weight is 349 g/mol. The molecular formula is C19H25F2N3O. The summed E-state index contributed by atoms with van der Waals surface area (Å²) in [5, 5.41) is 6.79. The predicted molar refractivity (Wildman–Crippen MR) is 94.5 cm³/mol. The molecule has 0 unspecified atom stereocenters. The monoisotopic (exact) mass is 349 g/mol. The van der Waals surface area contributed by atoms with Gasteiger partial charge in [-0.1, -0.05) is 12.1 Å². The Kier molecular flexibility index (Phi) is 4.63. The van der Waals surface area contributed by atoms with Crippen LogP contribution in [0.25, 0.3) is 0 Å². The fourth-order valence-corrected chi connectivity index (χ4v) is 3.95. The van der Waals surface area contributed by atoms with Crippen molar-refractivity contribution in [1.29, 1.82) is 0 Å². The van der Waals surface area contributed by atoms with E-state index in [1.54, 1.807) is 0 Å². The molecule has 3 aliphatic rings. The third-order valence-corrected chi connectivity index (χ3v) is 5.51. The summed E-state index contributed by atoms with van der Waals surface area (Å²) in [6.07, 6.45) is 1.96. The minimum Gasteiger partial charge on any atom is -0.378 e. The second-order valence-electron chi connectivity index (χ2n) is 7.19. The van der Waals surface area contributed by atoms with Gasteiger partial charge in [-0.2, -0.15) is 5.10 Å². The van der Waals surface area contributed by atoms with Crippen molar-refractivity contribution >= 4 is 11.4 Å². The Labute approximate surface area is 147 Å². The normalized spacial score (nSPS) is 24.5. The molecule has 25 heavy (non-hydrogen) atoms. The van der Waals surface area contributed by atoms with Crippen LogP contribution >= 0.6 is 0 Å². The number of alkyl halides is 2. The highest BCUT2D eigenvalue weighted by atomic mass is 19.3. The number of anilines is 1. The van der Waals surface area contributed by atoms with Crippen LogP contribution in [0.1, 0.15) is 37.7 Å². The zero-order chi connectivity index (χ0) is 17.3. The summed E-state index contributed by atoms with van der Waals surface area (Å²) >= 11 is 0. The van der Waals surface area contributed by atoms with Gasteiger partial charge in [0.1, 0.15) is 0 Å². The molecule has 1 saturated heterocycles. The first kappa shape index (κ1) is 16.8. The Morgan fingerprint density at radius 2 is 1.68 bits per heavy atom. The van der Waals surface area contributed by atoms with Gasteiger partial charge in [0, 0.05) is 50.6 Å². The molecule has 0 atom stereocenters. The number of morpholine rings is 1. The molecule has 0 radical (unpaired) electrons. The minimum absolute atomic E-state index is 0.00668. The van der Waals surface area contributed by atoms with E-state index in [1.165, 1.54) is 5.69 Å². The summed E-state index contributed by atoms with van der Waals surface area (Å²) in [7, 11) is 0. The molecular weight excluding hydrogens is 324 g/mol. The summed E-state index contributed by atoms with van der Waals surface area (Å²) in [6.45, 7) is 4.27. The van der Waals surface area contributed by atoms with E-state index >= 15 is 0 Å². The fraction of sp³-hybridized carbons (Fsp3) is 0.632. The Bertz CT molecular complexity index is 616. The summed E-state index contributed by atoms with van der Waals surface area (Å²) in [4.78, 5) is 2.33. The number of benzene rings is 1. The molecule has 4 nitrogen and oxygen atoms in total. The lowest BCUT2D eigenvalue weighted by Crippen LogP contribution is -2.36. The van der Waals surface area contributed by atoms with Gasteiger partial charge in [0.05, 0.1) is 18.9 Å². The van der Waals surface area contributed by atoms with Crippen molar-refractivity contribution < 1.29 is 13.5 Å². The van der Waals surface area contributed by atoms with Crippen molar-refractivity contribution in [3.63, 3.8) is 0 Å². The Balaban J connectivity index is 1.40. The van der Waals surface area contributed by atoms with Crippen molar-refractivity contribution in [1.82, 2.24) is 5.01 Å². The van der Waals surface area contributed by atoms with Crippen LogP contribution < -0.4 is 4.90 Å². The molecule has 1 aromatic rings. The van der Waals surface area contributed by atoms with Gasteiger partial charge in [-0.25, -0.2) is 8.78 Å². The summed E-state index contributed by atoms with van der Waals surface area (Å²) in [5.74, 6) is -2.47.